The zero-order chi connectivity index (χ0) is 21.8. The molecule has 2 amide bonds. The highest BCUT2D eigenvalue weighted by Crippen LogP contribution is 2.31. The maximum absolute atomic E-state index is 12.4. The van der Waals surface area contributed by atoms with E-state index in [0.29, 0.717) is 67.0 Å². The van der Waals surface area contributed by atoms with Crippen molar-refractivity contribution in [2.75, 3.05) is 32.7 Å². The number of carboxylic acids is 1. The number of amides is 2. The molecule has 7 nitrogen and oxygen atoms in total. The van der Waals surface area contributed by atoms with Crippen LogP contribution in [0.5, 0.6) is 0 Å². The molecule has 160 valence electrons. The Balaban J connectivity index is 1.72. The van der Waals surface area contributed by atoms with E-state index in [1.807, 2.05) is 61.5 Å². The van der Waals surface area contributed by atoms with Crippen molar-refractivity contribution in [1.82, 2.24) is 20.1 Å². The van der Waals surface area contributed by atoms with E-state index in [1.54, 1.807) is 4.90 Å². The highest BCUT2D eigenvalue weighted by atomic mass is 16.4. The summed E-state index contributed by atoms with van der Waals surface area (Å²) in [5.41, 5.74) is 3.28. The standard InChI is InChI=1S/C24H26N4O3/c1-2-25-24(31)28-14-12-27(13-15-28)16-19-21(23(29)30)18-10-6-7-11-20(18)26-22(19)17-8-4-3-5-9-17/h3-11H,2,12-16H2,1H3,(H,25,31)(H,29,30). The number of carbonyl (C=O) groups is 2. The topological polar surface area (TPSA) is 85.8 Å². The summed E-state index contributed by atoms with van der Waals surface area (Å²) in [4.78, 5) is 33.3. The molecular formula is C24H26N4O3. The van der Waals surface area contributed by atoms with E-state index >= 15 is 0 Å². The van der Waals surface area contributed by atoms with Gasteiger partial charge in [-0.15, -0.1) is 0 Å². The second-order valence-corrected chi connectivity index (χ2v) is 7.60. The zero-order valence-electron chi connectivity index (χ0n) is 17.5. The van der Waals surface area contributed by atoms with Gasteiger partial charge in [0.05, 0.1) is 16.8 Å². The minimum absolute atomic E-state index is 0.0503. The number of hydrogen-bond acceptors (Lipinski definition) is 4. The predicted octanol–water partition coefficient (Wildman–Crippen LogP) is 3.45. The number of aromatic carboxylic acids is 1. The number of aromatic nitrogens is 1. The highest BCUT2D eigenvalue weighted by Gasteiger charge is 2.26. The van der Waals surface area contributed by atoms with Gasteiger partial charge in [-0.3, -0.25) is 4.90 Å². The van der Waals surface area contributed by atoms with Crippen LogP contribution in [0.15, 0.2) is 54.6 Å². The average Bonchev–Trinajstić information content (AvgIpc) is 2.79. The molecule has 7 heteroatoms. The van der Waals surface area contributed by atoms with Crippen molar-refractivity contribution in [3.05, 3.63) is 65.7 Å². The number of fused-ring (bicyclic) bond motifs is 1. The molecule has 4 rings (SSSR count). The maximum atomic E-state index is 12.4. The van der Waals surface area contributed by atoms with Crippen molar-refractivity contribution in [1.29, 1.82) is 0 Å². The third-order valence-electron chi connectivity index (χ3n) is 5.62. The second kappa shape index (κ2) is 9.14. The minimum atomic E-state index is -0.952. The first-order chi connectivity index (χ1) is 15.1. The fourth-order valence-electron chi connectivity index (χ4n) is 4.08. The van der Waals surface area contributed by atoms with Crippen LogP contribution in [-0.4, -0.2) is 64.6 Å². The summed E-state index contributed by atoms with van der Waals surface area (Å²) in [7, 11) is 0. The smallest absolute Gasteiger partial charge is 0.336 e. The molecule has 2 N–H and O–H groups in total. The number of carbonyl (C=O) groups excluding carboxylic acids is 1. The van der Waals surface area contributed by atoms with Crippen LogP contribution in [-0.2, 0) is 6.54 Å². The first kappa shape index (κ1) is 20.8. The Morgan fingerprint density at radius 2 is 1.68 bits per heavy atom. The van der Waals surface area contributed by atoms with Gasteiger partial charge in [0.25, 0.3) is 0 Å². The lowest BCUT2D eigenvalue weighted by Gasteiger charge is -2.35. The number of nitrogens with zero attached hydrogens (tertiary/aromatic N) is 3. The van der Waals surface area contributed by atoms with Gasteiger partial charge in [-0.25, -0.2) is 14.6 Å². The molecule has 1 aliphatic rings. The van der Waals surface area contributed by atoms with E-state index in [4.69, 9.17) is 4.98 Å². The second-order valence-electron chi connectivity index (χ2n) is 7.60. The van der Waals surface area contributed by atoms with Crippen molar-refractivity contribution in [3.63, 3.8) is 0 Å². The predicted molar refractivity (Wildman–Crippen MR) is 120 cm³/mol. The van der Waals surface area contributed by atoms with Gasteiger partial charge in [-0.05, 0) is 13.0 Å². The van der Waals surface area contributed by atoms with Crippen molar-refractivity contribution >= 4 is 22.9 Å². The number of urea groups is 1. The molecule has 0 bridgehead atoms. The Morgan fingerprint density at radius 1 is 1.00 bits per heavy atom. The number of para-hydroxylation sites is 1. The first-order valence-electron chi connectivity index (χ1n) is 10.5. The largest absolute Gasteiger partial charge is 0.478 e. The Bertz CT molecular complexity index is 1090. The van der Waals surface area contributed by atoms with Gasteiger partial charge in [0.15, 0.2) is 0 Å². The van der Waals surface area contributed by atoms with E-state index < -0.39 is 5.97 Å². The van der Waals surface area contributed by atoms with Crippen molar-refractivity contribution in [2.45, 2.75) is 13.5 Å². The number of benzene rings is 2. The SMILES string of the molecule is CCNC(=O)N1CCN(Cc2c(-c3ccccc3)nc3ccccc3c2C(=O)O)CC1. The van der Waals surface area contributed by atoms with E-state index in [9.17, 15) is 14.7 Å². The van der Waals surface area contributed by atoms with E-state index in [0.717, 1.165) is 5.56 Å². The van der Waals surface area contributed by atoms with Crippen LogP contribution >= 0.6 is 0 Å². The Hall–Kier alpha value is -3.45. The number of carboxylic acid groups (broad SMARTS) is 1. The molecule has 0 saturated carbocycles. The number of hydrogen-bond donors (Lipinski definition) is 2. The molecule has 0 spiro atoms. The quantitative estimate of drug-likeness (QED) is 0.663. The molecule has 1 aliphatic heterocycles. The number of rotatable bonds is 5. The van der Waals surface area contributed by atoms with Crippen LogP contribution in [0.2, 0.25) is 0 Å². The maximum Gasteiger partial charge on any atom is 0.336 e. The molecule has 0 unspecified atom stereocenters. The van der Waals surface area contributed by atoms with Gasteiger partial charge >= 0.3 is 12.0 Å². The molecule has 31 heavy (non-hydrogen) atoms. The summed E-state index contributed by atoms with van der Waals surface area (Å²) in [5.74, 6) is -0.952. The molecule has 0 radical (unpaired) electrons. The summed E-state index contributed by atoms with van der Waals surface area (Å²) in [5, 5.41) is 13.6. The first-order valence-corrected chi connectivity index (χ1v) is 10.5. The van der Waals surface area contributed by atoms with Gasteiger partial charge in [-0.1, -0.05) is 48.5 Å². The highest BCUT2D eigenvalue weighted by molar-refractivity contribution is 6.05. The van der Waals surface area contributed by atoms with E-state index in [-0.39, 0.29) is 6.03 Å². The molecule has 1 fully saturated rings. The van der Waals surface area contributed by atoms with Crippen LogP contribution < -0.4 is 5.32 Å². The minimum Gasteiger partial charge on any atom is -0.478 e. The van der Waals surface area contributed by atoms with Crippen molar-refractivity contribution in [3.8, 4) is 11.3 Å². The molecule has 1 saturated heterocycles. The Labute approximate surface area is 181 Å². The van der Waals surface area contributed by atoms with E-state index in [2.05, 4.69) is 10.2 Å². The molecular weight excluding hydrogens is 392 g/mol. The summed E-state index contributed by atoms with van der Waals surface area (Å²) in [6.45, 7) is 5.54. The molecule has 2 heterocycles. The van der Waals surface area contributed by atoms with Crippen LogP contribution in [0, 0.1) is 0 Å². The van der Waals surface area contributed by atoms with Gasteiger partial charge in [0, 0.05) is 55.8 Å². The molecule has 0 atom stereocenters. The Kier molecular flexibility index (Phi) is 6.13. The fraction of sp³-hybridized carbons (Fsp3) is 0.292. The molecule has 2 aromatic carbocycles. The average molecular weight is 418 g/mol. The molecule has 1 aromatic heterocycles. The summed E-state index contributed by atoms with van der Waals surface area (Å²) in [6, 6.07) is 17.0. The lowest BCUT2D eigenvalue weighted by atomic mass is 9.96. The lowest BCUT2D eigenvalue weighted by Crippen LogP contribution is -2.51. The van der Waals surface area contributed by atoms with Crippen LogP contribution in [0.4, 0.5) is 4.79 Å². The van der Waals surface area contributed by atoms with Gasteiger partial charge in [0.2, 0.25) is 0 Å². The normalized spacial score (nSPS) is 14.5. The zero-order valence-corrected chi connectivity index (χ0v) is 17.5. The summed E-state index contributed by atoms with van der Waals surface area (Å²) < 4.78 is 0. The monoisotopic (exact) mass is 418 g/mol. The molecule has 3 aromatic rings. The number of pyridine rings is 1. The van der Waals surface area contributed by atoms with Crippen LogP contribution in [0.25, 0.3) is 22.2 Å². The summed E-state index contributed by atoms with van der Waals surface area (Å²) >= 11 is 0. The van der Waals surface area contributed by atoms with Crippen molar-refractivity contribution < 1.29 is 14.7 Å². The van der Waals surface area contributed by atoms with E-state index in [1.165, 1.54) is 0 Å². The Morgan fingerprint density at radius 3 is 2.35 bits per heavy atom. The third-order valence-corrected chi connectivity index (χ3v) is 5.62. The van der Waals surface area contributed by atoms with Gasteiger partial charge in [0.1, 0.15) is 0 Å². The fourth-order valence-corrected chi connectivity index (χ4v) is 4.08. The van der Waals surface area contributed by atoms with Gasteiger partial charge < -0.3 is 15.3 Å². The third kappa shape index (κ3) is 4.36. The van der Waals surface area contributed by atoms with Gasteiger partial charge in [-0.2, -0.15) is 0 Å². The van der Waals surface area contributed by atoms with Crippen LogP contribution in [0.3, 0.4) is 0 Å². The number of piperazine rings is 1. The van der Waals surface area contributed by atoms with Crippen molar-refractivity contribution in [2.24, 2.45) is 0 Å². The van der Waals surface area contributed by atoms with Crippen LogP contribution in [0.1, 0.15) is 22.8 Å². The number of nitrogens with one attached hydrogen (secondary N) is 1. The lowest BCUT2D eigenvalue weighted by molar-refractivity contribution is 0.0696. The molecule has 0 aliphatic carbocycles. The summed E-state index contributed by atoms with van der Waals surface area (Å²) in [6.07, 6.45) is 0.